The predicted octanol–water partition coefficient (Wildman–Crippen LogP) is 3.58. The van der Waals surface area contributed by atoms with Crippen molar-refractivity contribution >= 4 is 43.5 Å². The third-order valence-corrected chi connectivity index (χ3v) is 5.13. The van der Waals surface area contributed by atoms with Crippen molar-refractivity contribution in [1.82, 2.24) is 14.7 Å². The van der Waals surface area contributed by atoms with Crippen molar-refractivity contribution in [1.29, 1.82) is 0 Å². The zero-order valence-corrected chi connectivity index (χ0v) is 17.1. The van der Waals surface area contributed by atoms with Crippen molar-refractivity contribution in [3.05, 3.63) is 50.7 Å². The molecule has 3 rings (SSSR count). The van der Waals surface area contributed by atoms with Gasteiger partial charge in [-0.05, 0) is 35.0 Å². The van der Waals surface area contributed by atoms with Crippen molar-refractivity contribution in [3.63, 3.8) is 0 Å². The largest absolute Gasteiger partial charge is 0.382 e. The van der Waals surface area contributed by atoms with E-state index in [0.29, 0.717) is 13.0 Å². The van der Waals surface area contributed by atoms with Gasteiger partial charge >= 0.3 is 0 Å². The molecule has 0 fully saturated rings. The fourth-order valence-corrected chi connectivity index (χ4v) is 3.44. The van der Waals surface area contributed by atoms with Crippen LogP contribution < -0.4 is 0 Å². The molecule has 0 saturated heterocycles. The highest BCUT2D eigenvalue weighted by atomic mass is 79.9. The molecular formula is C17H18Br2N4O2. The van der Waals surface area contributed by atoms with Crippen LogP contribution in [0.4, 0.5) is 0 Å². The predicted molar refractivity (Wildman–Crippen MR) is 102 cm³/mol. The minimum Gasteiger partial charge on any atom is -0.382 e. The van der Waals surface area contributed by atoms with E-state index in [0.717, 1.165) is 32.5 Å². The van der Waals surface area contributed by atoms with Gasteiger partial charge in [0.15, 0.2) is 0 Å². The average molecular weight is 470 g/mol. The maximum atomic E-state index is 12.6. The van der Waals surface area contributed by atoms with Gasteiger partial charge in [-0.1, -0.05) is 33.2 Å². The van der Waals surface area contributed by atoms with Crippen LogP contribution in [0.5, 0.6) is 0 Å². The van der Waals surface area contributed by atoms with Crippen LogP contribution in [0.1, 0.15) is 24.6 Å². The molecule has 2 heterocycles. The first-order valence-corrected chi connectivity index (χ1v) is 9.52. The van der Waals surface area contributed by atoms with Gasteiger partial charge in [-0.25, -0.2) is 0 Å². The van der Waals surface area contributed by atoms with Crippen LogP contribution in [0, 0.1) is 0 Å². The van der Waals surface area contributed by atoms with E-state index in [1.54, 1.807) is 11.9 Å². The fraction of sp³-hybridized carbons (Fsp3) is 0.353. The summed E-state index contributed by atoms with van der Waals surface area (Å²) < 4.78 is 3.70. The van der Waals surface area contributed by atoms with Crippen LogP contribution in [0.3, 0.4) is 0 Å². The number of amides is 1. The highest BCUT2D eigenvalue weighted by Gasteiger charge is 2.31. The van der Waals surface area contributed by atoms with Gasteiger partial charge in [-0.2, -0.15) is 5.10 Å². The van der Waals surface area contributed by atoms with E-state index in [4.69, 9.17) is 4.84 Å². The SMILES string of the molecule is CCn1cc(Br)c(CN(C)C(=O)C2CC(c3cccc(Br)c3)=NO2)n1. The summed E-state index contributed by atoms with van der Waals surface area (Å²) >= 11 is 6.93. The molecule has 1 atom stereocenters. The van der Waals surface area contributed by atoms with Crippen LogP contribution in [-0.4, -0.2) is 39.5 Å². The highest BCUT2D eigenvalue weighted by Crippen LogP contribution is 2.22. The third-order valence-electron chi connectivity index (χ3n) is 3.98. The van der Waals surface area contributed by atoms with Gasteiger partial charge in [0.2, 0.25) is 6.10 Å². The Hall–Kier alpha value is -1.67. The first kappa shape index (κ1) is 18.1. The van der Waals surface area contributed by atoms with E-state index in [-0.39, 0.29) is 5.91 Å². The minimum absolute atomic E-state index is 0.105. The van der Waals surface area contributed by atoms with Gasteiger partial charge in [0.25, 0.3) is 5.91 Å². The van der Waals surface area contributed by atoms with Crippen LogP contribution in [-0.2, 0) is 22.7 Å². The van der Waals surface area contributed by atoms with Gasteiger partial charge < -0.3 is 9.74 Å². The summed E-state index contributed by atoms with van der Waals surface area (Å²) in [5.41, 5.74) is 2.56. The number of hydrogen-bond donors (Lipinski definition) is 0. The Morgan fingerprint density at radius 3 is 2.92 bits per heavy atom. The van der Waals surface area contributed by atoms with Crippen molar-refractivity contribution in [2.75, 3.05) is 7.05 Å². The third kappa shape index (κ3) is 4.12. The van der Waals surface area contributed by atoms with Crippen molar-refractivity contribution in [3.8, 4) is 0 Å². The zero-order valence-electron chi connectivity index (χ0n) is 13.9. The quantitative estimate of drug-likeness (QED) is 0.672. The van der Waals surface area contributed by atoms with E-state index >= 15 is 0 Å². The molecule has 0 radical (unpaired) electrons. The van der Waals surface area contributed by atoms with E-state index < -0.39 is 6.10 Å². The number of aromatic nitrogens is 2. The van der Waals surface area contributed by atoms with Gasteiger partial charge in [-0.15, -0.1) is 0 Å². The second-order valence-electron chi connectivity index (χ2n) is 5.82. The molecule has 1 aliphatic heterocycles. The molecule has 1 unspecified atom stereocenters. The molecular weight excluding hydrogens is 452 g/mol. The standard InChI is InChI=1S/C17H18Br2N4O2/c1-3-23-9-13(19)15(20-23)10-22(2)17(24)16-8-14(21-25-16)11-5-4-6-12(18)7-11/h4-7,9,16H,3,8,10H2,1-2H3. The molecule has 1 aromatic heterocycles. The Morgan fingerprint density at radius 2 is 2.24 bits per heavy atom. The highest BCUT2D eigenvalue weighted by molar-refractivity contribution is 9.10. The zero-order chi connectivity index (χ0) is 18.0. The number of nitrogens with zero attached hydrogens (tertiary/aromatic N) is 4. The maximum absolute atomic E-state index is 12.6. The summed E-state index contributed by atoms with van der Waals surface area (Å²) in [6.45, 7) is 3.22. The monoisotopic (exact) mass is 468 g/mol. The minimum atomic E-state index is -0.592. The van der Waals surface area contributed by atoms with E-state index in [1.165, 1.54) is 0 Å². The van der Waals surface area contributed by atoms with Crippen LogP contribution in [0.25, 0.3) is 0 Å². The summed E-state index contributed by atoms with van der Waals surface area (Å²) in [6, 6.07) is 7.81. The molecule has 6 nitrogen and oxygen atoms in total. The maximum Gasteiger partial charge on any atom is 0.267 e. The van der Waals surface area contributed by atoms with Gasteiger partial charge in [0.05, 0.1) is 22.4 Å². The van der Waals surface area contributed by atoms with Crippen molar-refractivity contribution < 1.29 is 9.63 Å². The van der Waals surface area contributed by atoms with Crippen LogP contribution in [0.2, 0.25) is 0 Å². The first-order chi connectivity index (χ1) is 12.0. The molecule has 0 saturated carbocycles. The Balaban J connectivity index is 1.63. The molecule has 0 spiro atoms. The molecule has 1 aromatic carbocycles. The Bertz CT molecular complexity index is 819. The summed E-state index contributed by atoms with van der Waals surface area (Å²) in [4.78, 5) is 19.7. The van der Waals surface area contributed by atoms with Gasteiger partial charge in [0, 0.05) is 36.2 Å². The second-order valence-corrected chi connectivity index (χ2v) is 7.59. The number of rotatable bonds is 5. The van der Waals surface area contributed by atoms with Crippen molar-refractivity contribution in [2.24, 2.45) is 5.16 Å². The van der Waals surface area contributed by atoms with E-state index in [9.17, 15) is 4.79 Å². The Kier molecular flexibility index (Phi) is 5.58. The fourth-order valence-electron chi connectivity index (χ4n) is 2.60. The second kappa shape index (κ2) is 7.70. The van der Waals surface area contributed by atoms with E-state index in [1.807, 2.05) is 42.1 Å². The van der Waals surface area contributed by atoms with Crippen LogP contribution >= 0.6 is 31.9 Å². The lowest BCUT2D eigenvalue weighted by atomic mass is 10.0. The summed E-state index contributed by atoms with van der Waals surface area (Å²) in [7, 11) is 1.75. The smallest absolute Gasteiger partial charge is 0.267 e. The first-order valence-electron chi connectivity index (χ1n) is 7.93. The molecule has 1 amide bonds. The summed E-state index contributed by atoms with van der Waals surface area (Å²) in [6.07, 6.45) is 1.78. The average Bonchev–Trinajstić information content (AvgIpc) is 3.21. The molecule has 0 N–H and O–H groups in total. The number of hydrogen-bond acceptors (Lipinski definition) is 4. The number of halogens is 2. The number of likely N-dealkylation sites (N-methyl/N-ethyl adjacent to an activating group) is 1. The number of carbonyl (C=O) groups excluding carboxylic acids is 1. The lowest BCUT2D eigenvalue weighted by molar-refractivity contribution is -0.141. The number of carbonyl (C=O) groups is 1. The van der Waals surface area contributed by atoms with E-state index in [2.05, 4.69) is 42.1 Å². The normalized spacial score (nSPS) is 16.5. The topological polar surface area (TPSA) is 59.7 Å². The van der Waals surface area contributed by atoms with Crippen LogP contribution in [0.15, 0.2) is 44.6 Å². The van der Waals surface area contributed by atoms with Gasteiger partial charge in [0.1, 0.15) is 0 Å². The molecule has 25 heavy (non-hydrogen) atoms. The molecule has 132 valence electrons. The number of aryl methyl sites for hydroxylation is 1. The summed E-state index contributed by atoms with van der Waals surface area (Å²) in [5.74, 6) is -0.105. The Labute approximate surface area is 163 Å². The van der Waals surface area contributed by atoms with Crippen molar-refractivity contribution in [2.45, 2.75) is 32.5 Å². The lowest BCUT2D eigenvalue weighted by Gasteiger charge is -2.19. The molecule has 1 aliphatic rings. The number of benzene rings is 1. The number of oxime groups is 1. The molecule has 0 bridgehead atoms. The lowest BCUT2D eigenvalue weighted by Crippen LogP contribution is -2.36. The van der Waals surface area contributed by atoms with Gasteiger partial charge in [-0.3, -0.25) is 9.48 Å². The summed E-state index contributed by atoms with van der Waals surface area (Å²) in [5, 5.41) is 8.54. The molecule has 2 aromatic rings. The molecule has 0 aliphatic carbocycles. The Morgan fingerprint density at radius 1 is 1.44 bits per heavy atom. The molecule has 8 heteroatoms.